The van der Waals surface area contributed by atoms with E-state index in [9.17, 15) is 4.79 Å². The van der Waals surface area contributed by atoms with Crippen LogP contribution in [0, 0.1) is 0 Å². The van der Waals surface area contributed by atoms with Crippen LogP contribution in [0.2, 0.25) is 0 Å². The number of hydrogen-bond acceptors (Lipinski definition) is 4. The second kappa shape index (κ2) is 7.49. The minimum Gasteiger partial charge on any atom is -0.317 e. The topological polar surface area (TPSA) is 35.6 Å². The summed E-state index contributed by atoms with van der Waals surface area (Å²) < 4.78 is 0. The summed E-state index contributed by atoms with van der Waals surface area (Å²) in [4.78, 5) is 18.2. The molecule has 1 atom stereocenters. The van der Waals surface area contributed by atoms with Crippen LogP contribution in [0.3, 0.4) is 0 Å². The zero-order valence-corrected chi connectivity index (χ0v) is 14.1. The maximum Gasteiger partial charge on any atom is 0.241 e. The Labute approximate surface area is 137 Å². The Morgan fingerprint density at radius 1 is 1.36 bits per heavy atom. The first-order valence-corrected chi connectivity index (χ1v) is 9.17. The van der Waals surface area contributed by atoms with Gasteiger partial charge < -0.3 is 10.2 Å². The normalized spacial score (nSPS) is 22.3. The maximum absolute atomic E-state index is 12.8. The molecule has 22 heavy (non-hydrogen) atoms. The highest BCUT2D eigenvalue weighted by molar-refractivity contribution is 7.99. The van der Waals surface area contributed by atoms with Crippen LogP contribution in [-0.4, -0.2) is 55.8 Å². The molecular weight excluding hydrogens is 294 g/mol. The van der Waals surface area contributed by atoms with Gasteiger partial charge in [0.1, 0.15) is 0 Å². The van der Waals surface area contributed by atoms with Crippen LogP contribution in [0.15, 0.2) is 29.2 Å². The van der Waals surface area contributed by atoms with Gasteiger partial charge in [-0.3, -0.25) is 9.69 Å². The van der Waals surface area contributed by atoms with Crippen LogP contribution in [-0.2, 0) is 4.79 Å². The first kappa shape index (κ1) is 15.8. The van der Waals surface area contributed by atoms with E-state index in [1.54, 1.807) is 0 Å². The third-order valence-corrected chi connectivity index (χ3v) is 5.63. The van der Waals surface area contributed by atoms with Crippen molar-refractivity contribution in [2.24, 2.45) is 0 Å². The van der Waals surface area contributed by atoms with Crippen LogP contribution in [0.25, 0.3) is 0 Å². The van der Waals surface area contributed by atoms with Crippen molar-refractivity contribution >= 4 is 23.4 Å². The number of benzene rings is 1. The van der Waals surface area contributed by atoms with Gasteiger partial charge in [-0.2, -0.15) is 0 Å². The van der Waals surface area contributed by atoms with Gasteiger partial charge in [-0.05, 0) is 51.5 Å². The minimum absolute atomic E-state index is 0.229. The summed E-state index contributed by atoms with van der Waals surface area (Å²) in [6.07, 6.45) is 3.52. The van der Waals surface area contributed by atoms with Crippen molar-refractivity contribution in [1.82, 2.24) is 10.2 Å². The second-order valence-corrected chi connectivity index (χ2v) is 7.25. The molecule has 1 N–H and O–H groups in total. The van der Waals surface area contributed by atoms with Crippen molar-refractivity contribution in [1.29, 1.82) is 0 Å². The molecular formula is C17H25N3OS. The van der Waals surface area contributed by atoms with E-state index < -0.39 is 0 Å². The number of thioether (sulfide) groups is 1. The van der Waals surface area contributed by atoms with Crippen LogP contribution >= 0.6 is 11.8 Å². The van der Waals surface area contributed by atoms with Crippen LogP contribution < -0.4 is 10.2 Å². The summed E-state index contributed by atoms with van der Waals surface area (Å²) in [5.74, 6) is 1.22. The predicted molar refractivity (Wildman–Crippen MR) is 92.7 cm³/mol. The Morgan fingerprint density at radius 2 is 2.23 bits per heavy atom. The third-order valence-electron chi connectivity index (χ3n) is 4.58. The van der Waals surface area contributed by atoms with Crippen molar-refractivity contribution in [2.45, 2.75) is 30.2 Å². The Kier molecular flexibility index (Phi) is 5.39. The highest BCUT2D eigenvalue weighted by Crippen LogP contribution is 2.34. The van der Waals surface area contributed by atoms with E-state index in [4.69, 9.17) is 0 Å². The summed E-state index contributed by atoms with van der Waals surface area (Å²) in [5, 5.41) is 3.44. The number of carbonyl (C=O) groups is 1. The van der Waals surface area contributed by atoms with Gasteiger partial charge in [-0.1, -0.05) is 12.1 Å². The van der Waals surface area contributed by atoms with E-state index >= 15 is 0 Å². The number of para-hydroxylation sites is 1. The quantitative estimate of drug-likeness (QED) is 0.926. The molecule has 1 unspecified atom stereocenters. The van der Waals surface area contributed by atoms with E-state index in [-0.39, 0.29) is 5.91 Å². The van der Waals surface area contributed by atoms with Crippen molar-refractivity contribution in [2.75, 3.05) is 43.9 Å². The van der Waals surface area contributed by atoms with Gasteiger partial charge in [-0.25, -0.2) is 0 Å². The van der Waals surface area contributed by atoms with E-state index in [1.807, 2.05) is 28.8 Å². The Bertz CT molecular complexity index is 514. The molecule has 0 aromatic heterocycles. The van der Waals surface area contributed by atoms with Gasteiger partial charge in [0.2, 0.25) is 5.91 Å². The largest absolute Gasteiger partial charge is 0.317 e. The third kappa shape index (κ3) is 3.65. The van der Waals surface area contributed by atoms with Crippen molar-refractivity contribution in [3.05, 3.63) is 24.3 Å². The van der Waals surface area contributed by atoms with Crippen molar-refractivity contribution in [3.63, 3.8) is 0 Å². The summed E-state index contributed by atoms with van der Waals surface area (Å²) in [6.45, 7) is 3.51. The molecule has 120 valence electrons. The Hall–Kier alpha value is -1.04. The standard InChI is InChI=1S/C17H25N3OS/c1-19(14-5-4-9-18-10-8-14)13-17(21)20-11-12-22-16-7-3-2-6-15(16)20/h2-3,6-7,14,18H,4-5,8-13H2,1H3. The minimum atomic E-state index is 0.229. The van der Waals surface area contributed by atoms with Crippen molar-refractivity contribution < 1.29 is 4.79 Å². The molecule has 0 aliphatic carbocycles. The van der Waals surface area contributed by atoms with Gasteiger partial charge >= 0.3 is 0 Å². The second-order valence-electron chi connectivity index (χ2n) is 6.11. The van der Waals surface area contributed by atoms with E-state index in [1.165, 1.54) is 17.7 Å². The van der Waals surface area contributed by atoms with Gasteiger partial charge in [0, 0.05) is 23.2 Å². The molecule has 0 saturated carbocycles. The lowest BCUT2D eigenvalue weighted by Gasteiger charge is -2.32. The number of amides is 1. The van der Waals surface area contributed by atoms with Crippen molar-refractivity contribution in [3.8, 4) is 0 Å². The fourth-order valence-electron chi connectivity index (χ4n) is 3.30. The monoisotopic (exact) mass is 319 g/mol. The summed E-state index contributed by atoms with van der Waals surface area (Å²) in [7, 11) is 2.10. The molecule has 2 aliphatic heterocycles. The highest BCUT2D eigenvalue weighted by atomic mass is 32.2. The smallest absolute Gasteiger partial charge is 0.241 e. The number of fused-ring (bicyclic) bond motifs is 1. The molecule has 1 fully saturated rings. The molecule has 0 spiro atoms. The van der Waals surface area contributed by atoms with E-state index in [2.05, 4.69) is 29.4 Å². The zero-order chi connectivity index (χ0) is 15.4. The lowest BCUT2D eigenvalue weighted by Crippen LogP contribution is -2.44. The number of hydrogen-bond donors (Lipinski definition) is 1. The number of nitrogens with one attached hydrogen (secondary N) is 1. The Balaban J connectivity index is 1.64. The van der Waals surface area contributed by atoms with E-state index in [0.717, 1.165) is 37.5 Å². The molecule has 2 heterocycles. The van der Waals surface area contributed by atoms with Gasteiger partial charge in [0.05, 0.1) is 12.2 Å². The van der Waals surface area contributed by atoms with Crippen LogP contribution in [0.1, 0.15) is 19.3 Å². The molecule has 1 amide bonds. The van der Waals surface area contributed by atoms with Gasteiger partial charge in [-0.15, -0.1) is 11.8 Å². The molecule has 0 radical (unpaired) electrons. The number of carbonyl (C=O) groups excluding carboxylic acids is 1. The first-order valence-electron chi connectivity index (χ1n) is 8.19. The fraction of sp³-hybridized carbons (Fsp3) is 0.588. The van der Waals surface area contributed by atoms with Crippen LogP contribution in [0.4, 0.5) is 5.69 Å². The van der Waals surface area contributed by atoms with E-state index in [0.29, 0.717) is 12.6 Å². The molecule has 5 heteroatoms. The van der Waals surface area contributed by atoms with Crippen LogP contribution in [0.5, 0.6) is 0 Å². The average molecular weight is 319 g/mol. The summed E-state index contributed by atoms with van der Waals surface area (Å²) >= 11 is 1.84. The highest BCUT2D eigenvalue weighted by Gasteiger charge is 2.25. The lowest BCUT2D eigenvalue weighted by atomic mass is 10.1. The molecule has 1 aromatic rings. The Morgan fingerprint density at radius 3 is 3.14 bits per heavy atom. The van der Waals surface area contributed by atoms with Gasteiger partial charge in [0.25, 0.3) is 0 Å². The average Bonchev–Trinajstić information content (AvgIpc) is 2.83. The summed E-state index contributed by atoms with van der Waals surface area (Å²) in [5.41, 5.74) is 1.08. The SMILES string of the molecule is CN(CC(=O)N1CCSc2ccccc21)C1CCCNCC1. The van der Waals surface area contributed by atoms with Gasteiger partial charge in [0.15, 0.2) is 0 Å². The lowest BCUT2D eigenvalue weighted by molar-refractivity contribution is -0.120. The number of rotatable bonds is 3. The predicted octanol–water partition coefficient (Wildman–Crippen LogP) is 2.20. The molecule has 3 rings (SSSR count). The maximum atomic E-state index is 12.8. The molecule has 0 bridgehead atoms. The number of likely N-dealkylation sites (N-methyl/N-ethyl adjacent to an activating group) is 1. The molecule has 1 aromatic carbocycles. The number of anilines is 1. The molecule has 2 aliphatic rings. The molecule has 1 saturated heterocycles. The molecule has 4 nitrogen and oxygen atoms in total. The zero-order valence-electron chi connectivity index (χ0n) is 13.3. The first-order chi connectivity index (χ1) is 10.8. The summed E-state index contributed by atoms with van der Waals surface area (Å²) in [6, 6.07) is 8.76. The number of nitrogens with zero attached hydrogens (tertiary/aromatic N) is 2. The fourth-order valence-corrected chi connectivity index (χ4v) is 4.29.